The van der Waals surface area contributed by atoms with Gasteiger partial charge in [-0.3, -0.25) is 4.79 Å². The zero-order valence-electron chi connectivity index (χ0n) is 11.2. The number of aromatic nitrogens is 3. The van der Waals surface area contributed by atoms with Crippen molar-refractivity contribution in [2.75, 3.05) is 0 Å². The van der Waals surface area contributed by atoms with Crippen molar-refractivity contribution in [2.24, 2.45) is 11.7 Å². The number of carbonyl (C=O) groups excluding carboxylic acids is 1. The summed E-state index contributed by atoms with van der Waals surface area (Å²) in [7, 11) is 0. The molecule has 1 aromatic heterocycles. The Morgan fingerprint density at radius 1 is 1.52 bits per heavy atom. The Morgan fingerprint density at radius 2 is 2.24 bits per heavy atom. The molecule has 1 amide bonds. The average Bonchev–Trinajstić information content (AvgIpc) is 2.89. The van der Waals surface area contributed by atoms with E-state index in [1.807, 2.05) is 0 Å². The highest BCUT2D eigenvalue weighted by atomic mass is 35.5. The molecule has 8 heteroatoms. The van der Waals surface area contributed by atoms with Crippen molar-refractivity contribution in [3.05, 3.63) is 46.5 Å². The van der Waals surface area contributed by atoms with Gasteiger partial charge < -0.3 is 10.8 Å². The molecule has 0 radical (unpaired) electrons. The molecule has 2 rings (SSSR count). The molecule has 0 aliphatic rings. The van der Waals surface area contributed by atoms with Crippen LogP contribution in [0.1, 0.15) is 12.5 Å². The van der Waals surface area contributed by atoms with Crippen molar-refractivity contribution in [3.63, 3.8) is 0 Å². The Labute approximate surface area is 131 Å². The molecule has 0 saturated carbocycles. The van der Waals surface area contributed by atoms with E-state index in [4.69, 9.17) is 28.9 Å². The lowest BCUT2D eigenvalue weighted by Crippen LogP contribution is -2.44. The number of hydrogen-bond donors (Lipinski definition) is 2. The van der Waals surface area contributed by atoms with Gasteiger partial charge in [0.25, 0.3) is 0 Å². The zero-order chi connectivity index (χ0) is 15.6. The number of halogens is 2. The fourth-order valence-corrected chi connectivity index (χ4v) is 2.66. The molecule has 0 bridgehead atoms. The van der Waals surface area contributed by atoms with Crippen LogP contribution in [-0.4, -0.2) is 25.8 Å². The molecule has 3 N–H and O–H groups in total. The van der Waals surface area contributed by atoms with Crippen LogP contribution in [0.2, 0.25) is 10.0 Å². The number of benzene rings is 1. The van der Waals surface area contributed by atoms with Crippen LogP contribution in [0.5, 0.6) is 0 Å². The first-order chi connectivity index (χ1) is 9.84. The molecule has 0 fully saturated rings. The van der Waals surface area contributed by atoms with Crippen molar-refractivity contribution in [3.8, 4) is 0 Å². The number of hydrogen-bond acceptors (Lipinski definition) is 4. The molecule has 0 spiro atoms. The first kappa shape index (κ1) is 15.8. The van der Waals surface area contributed by atoms with Crippen LogP contribution in [0.4, 0.5) is 0 Å². The highest BCUT2D eigenvalue weighted by Gasteiger charge is 2.41. The van der Waals surface area contributed by atoms with E-state index in [1.54, 1.807) is 12.1 Å². The van der Waals surface area contributed by atoms with Crippen LogP contribution >= 0.6 is 23.2 Å². The number of amides is 1. The second-order valence-corrected chi connectivity index (χ2v) is 5.61. The van der Waals surface area contributed by atoms with E-state index in [2.05, 4.69) is 10.1 Å². The van der Waals surface area contributed by atoms with Crippen molar-refractivity contribution in [1.29, 1.82) is 0 Å². The van der Waals surface area contributed by atoms with Gasteiger partial charge in [-0.05, 0) is 12.1 Å². The van der Waals surface area contributed by atoms with E-state index in [-0.39, 0.29) is 11.6 Å². The molecule has 0 aliphatic heterocycles. The van der Waals surface area contributed by atoms with Crippen LogP contribution in [0.25, 0.3) is 0 Å². The summed E-state index contributed by atoms with van der Waals surface area (Å²) >= 11 is 12.0. The highest BCUT2D eigenvalue weighted by molar-refractivity contribution is 6.35. The predicted molar refractivity (Wildman–Crippen MR) is 78.7 cm³/mol. The van der Waals surface area contributed by atoms with E-state index < -0.39 is 17.4 Å². The number of aliphatic hydroxyl groups is 1. The topological polar surface area (TPSA) is 94.0 Å². The van der Waals surface area contributed by atoms with Gasteiger partial charge in [-0.25, -0.2) is 9.67 Å². The minimum Gasteiger partial charge on any atom is -0.382 e. The second kappa shape index (κ2) is 6.01. The van der Waals surface area contributed by atoms with Crippen LogP contribution in [0.3, 0.4) is 0 Å². The fraction of sp³-hybridized carbons (Fsp3) is 0.308. The molecule has 2 atom stereocenters. The monoisotopic (exact) mass is 328 g/mol. The first-order valence-electron chi connectivity index (χ1n) is 6.14. The van der Waals surface area contributed by atoms with Gasteiger partial charge >= 0.3 is 0 Å². The van der Waals surface area contributed by atoms with Gasteiger partial charge in [0.2, 0.25) is 5.91 Å². The van der Waals surface area contributed by atoms with E-state index in [0.29, 0.717) is 10.6 Å². The Morgan fingerprint density at radius 3 is 2.76 bits per heavy atom. The maximum atomic E-state index is 11.6. The van der Waals surface area contributed by atoms with Crippen molar-refractivity contribution < 1.29 is 9.90 Å². The smallest absolute Gasteiger partial charge is 0.223 e. The summed E-state index contributed by atoms with van der Waals surface area (Å²) < 4.78 is 1.41. The van der Waals surface area contributed by atoms with Gasteiger partial charge in [0.1, 0.15) is 18.3 Å². The lowest BCUT2D eigenvalue weighted by atomic mass is 9.81. The standard InChI is InChI=1S/C13H14Cl2N4O2/c1-8(12(16)20)13(21,5-19-7-17-6-18-19)10-3-2-9(14)4-11(10)15/h2-4,6-8,21H,5H2,1H3,(H2,16,20). The Bertz CT molecular complexity index is 648. The quantitative estimate of drug-likeness (QED) is 0.871. The number of carbonyl (C=O) groups is 1. The largest absolute Gasteiger partial charge is 0.382 e. The molecule has 0 saturated heterocycles. The second-order valence-electron chi connectivity index (χ2n) is 4.77. The molecule has 21 heavy (non-hydrogen) atoms. The van der Waals surface area contributed by atoms with Gasteiger partial charge in [0, 0.05) is 15.6 Å². The molecular weight excluding hydrogens is 315 g/mol. The highest BCUT2D eigenvalue weighted by Crippen LogP contribution is 2.37. The third kappa shape index (κ3) is 3.18. The van der Waals surface area contributed by atoms with Gasteiger partial charge in [0.15, 0.2) is 0 Å². The van der Waals surface area contributed by atoms with Crippen LogP contribution in [-0.2, 0) is 16.9 Å². The van der Waals surface area contributed by atoms with E-state index in [9.17, 15) is 9.90 Å². The minimum absolute atomic E-state index is 0.0154. The molecule has 112 valence electrons. The predicted octanol–water partition coefficient (Wildman–Crippen LogP) is 1.59. The van der Waals surface area contributed by atoms with Crippen LogP contribution in [0, 0.1) is 5.92 Å². The summed E-state index contributed by atoms with van der Waals surface area (Å²) in [6.45, 7) is 1.52. The van der Waals surface area contributed by atoms with Crippen molar-refractivity contribution >= 4 is 29.1 Å². The fourth-order valence-electron chi connectivity index (χ4n) is 2.09. The van der Waals surface area contributed by atoms with Crippen LogP contribution in [0.15, 0.2) is 30.9 Å². The number of nitrogens with two attached hydrogens (primary N) is 1. The van der Waals surface area contributed by atoms with Gasteiger partial charge in [-0.2, -0.15) is 5.10 Å². The van der Waals surface area contributed by atoms with Crippen molar-refractivity contribution in [2.45, 2.75) is 19.1 Å². The summed E-state index contributed by atoms with van der Waals surface area (Å²) in [5.41, 5.74) is 4.09. The normalized spacial score (nSPS) is 15.4. The number of rotatable bonds is 5. The molecule has 2 unspecified atom stereocenters. The summed E-state index contributed by atoms with van der Waals surface area (Å²) in [5, 5.41) is 15.7. The lowest BCUT2D eigenvalue weighted by molar-refractivity contribution is -0.132. The summed E-state index contributed by atoms with van der Waals surface area (Å²) in [6, 6.07) is 4.66. The Hall–Kier alpha value is -1.63. The van der Waals surface area contributed by atoms with Gasteiger partial charge in [0.05, 0.1) is 12.5 Å². The zero-order valence-corrected chi connectivity index (χ0v) is 12.7. The SMILES string of the molecule is CC(C(N)=O)C(O)(Cn1cncn1)c1ccc(Cl)cc1Cl. The van der Waals surface area contributed by atoms with Crippen LogP contribution < -0.4 is 5.73 Å². The van der Waals surface area contributed by atoms with Gasteiger partial charge in [-0.1, -0.05) is 36.2 Å². The average molecular weight is 329 g/mol. The summed E-state index contributed by atoms with van der Waals surface area (Å²) in [5.74, 6) is -1.54. The summed E-state index contributed by atoms with van der Waals surface area (Å²) in [6.07, 6.45) is 2.77. The van der Waals surface area contributed by atoms with E-state index in [1.165, 1.54) is 30.3 Å². The lowest BCUT2D eigenvalue weighted by Gasteiger charge is -2.33. The maximum Gasteiger partial charge on any atom is 0.223 e. The van der Waals surface area contributed by atoms with E-state index in [0.717, 1.165) is 0 Å². The minimum atomic E-state index is -1.62. The third-order valence-corrected chi connectivity index (χ3v) is 3.96. The number of primary amides is 1. The van der Waals surface area contributed by atoms with E-state index >= 15 is 0 Å². The Kier molecular flexibility index (Phi) is 4.51. The molecule has 2 aromatic rings. The molecule has 1 heterocycles. The molecular formula is C13H14Cl2N4O2. The third-order valence-electron chi connectivity index (χ3n) is 3.41. The number of nitrogens with zero attached hydrogens (tertiary/aromatic N) is 3. The summed E-state index contributed by atoms with van der Waals surface area (Å²) in [4.78, 5) is 15.4. The first-order valence-corrected chi connectivity index (χ1v) is 6.90. The maximum absolute atomic E-state index is 11.6. The molecule has 6 nitrogen and oxygen atoms in total. The van der Waals surface area contributed by atoms with Gasteiger partial charge in [-0.15, -0.1) is 0 Å². The molecule has 1 aromatic carbocycles. The Balaban J connectivity index is 2.51. The molecule has 0 aliphatic carbocycles. The van der Waals surface area contributed by atoms with Crippen molar-refractivity contribution in [1.82, 2.24) is 14.8 Å².